The molecule has 0 bridgehead atoms. The summed E-state index contributed by atoms with van der Waals surface area (Å²) in [7, 11) is 0. The van der Waals surface area contributed by atoms with E-state index in [9.17, 15) is 17.9 Å². The van der Waals surface area contributed by atoms with Crippen molar-refractivity contribution in [2.45, 2.75) is 52.5 Å². The second-order valence-electron chi connectivity index (χ2n) is 12.3. The molecule has 234 valence electrons. The number of esters is 1. The molecule has 0 amide bonds. The first-order valence-electron chi connectivity index (χ1n) is 15.4. The highest BCUT2D eigenvalue weighted by molar-refractivity contribution is 7.80. The van der Waals surface area contributed by atoms with Gasteiger partial charge < -0.3 is 14.6 Å². The van der Waals surface area contributed by atoms with E-state index >= 15 is 0 Å². The lowest BCUT2D eigenvalue weighted by Gasteiger charge is -2.33. The first-order chi connectivity index (χ1) is 21.2. The Morgan fingerprint density at radius 1 is 1.18 bits per heavy atom. The molecule has 1 aliphatic heterocycles. The van der Waals surface area contributed by atoms with Crippen LogP contribution in [0.3, 0.4) is 0 Å². The van der Waals surface area contributed by atoms with Crippen LogP contribution in [0.25, 0.3) is 22.2 Å². The van der Waals surface area contributed by atoms with Crippen LogP contribution in [-0.2, 0) is 35.4 Å². The number of carbonyl (C=O) groups excluding carboxylic acids is 1. The number of nitrogens with zero attached hydrogens (tertiary/aromatic N) is 5. The Balaban J connectivity index is 1.08. The monoisotopic (exact) mass is 622 g/mol. The minimum Gasteiger partial charge on any atom is -0.461 e. The first kappa shape index (κ1) is 30.4. The van der Waals surface area contributed by atoms with Crippen molar-refractivity contribution in [2.75, 3.05) is 37.1 Å². The van der Waals surface area contributed by atoms with E-state index in [4.69, 9.17) is 4.74 Å². The van der Waals surface area contributed by atoms with Crippen LogP contribution in [0.2, 0.25) is 0 Å². The van der Waals surface area contributed by atoms with Crippen LogP contribution in [0.5, 0.6) is 0 Å². The van der Waals surface area contributed by atoms with E-state index in [1.165, 1.54) is 23.3 Å². The number of hydrogen-bond donors (Lipinski definition) is 2. The summed E-state index contributed by atoms with van der Waals surface area (Å²) in [6.07, 6.45) is 6.98. The zero-order valence-electron chi connectivity index (χ0n) is 25.2. The Bertz CT molecular complexity index is 1660. The molecule has 0 spiro atoms. The molecule has 1 unspecified atom stereocenters. The van der Waals surface area contributed by atoms with Crippen LogP contribution < -0.4 is 4.31 Å². The van der Waals surface area contributed by atoms with Gasteiger partial charge in [-0.3, -0.25) is 13.5 Å². The summed E-state index contributed by atoms with van der Waals surface area (Å²) in [6, 6.07) is 10.5. The van der Waals surface area contributed by atoms with Gasteiger partial charge in [-0.05, 0) is 98.5 Å². The van der Waals surface area contributed by atoms with E-state index in [0.29, 0.717) is 47.7 Å². The second-order valence-corrected chi connectivity index (χ2v) is 13.2. The number of aromatic amines is 1. The number of rotatable bonds is 11. The summed E-state index contributed by atoms with van der Waals surface area (Å²) in [5, 5.41) is 9.27. The van der Waals surface area contributed by atoms with Gasteiger partial charge in [0.05, 0.1) is 18.5 Å². The van der Waals surface area contributed by atoms with Crippen molar-refractivity contribution < 1.29 is 22.7 Å². The van der Waals surface area contributed by atoms with Gasteiger partial charge in [-0.15, -0.1) is 5.10 Å². The first-order valence-corrected chi connectivity index (χ1v) is 16.4. The number of carbonyl (C=O) groups is 1. The molecule has 2 aromatic carbocycles. The minimum atomic E-state index is -2.08. The van der Waals surface area contributed by atoms with E-state index in [2.05, 4.69) is 32.3 Å². The number of ether oxygens (including phenoxy) is 1. The van der Waals surface area contributed by atoms with E-state index in [-0.39, 0.29) is 18.2 Å². The third-order valence-electron chi connectivity index (χ3n) is 8.64. The van der Waals surface area contributed by atoms with Crippen LogP contribution >= 0.6 is 0 Å². The number of nitrogens with one attached hydrogen (secondary N) is 1. The molecule has 1 atom stereocenters. The lowest BCUT2D eigenvalue weighted by atomic mass is 9.97. The fourth-order valence-electron chi connectivity index (χ4n) is 6.30. The summed E-state index contributed by atoms with van der Waals surface area (Å²) in [4.78, 5) is 18.4. The number of fused-ring (bicyclic) bond motifs is 2. The molecule has 10 nitrogen and oxygen atoms in total. The third-order valence-corrected chi connectivity index (χ3v) is 9.41. The van der Waals surface area contributed by atoms with Crippen molar-refractivity contribution in [3.63, 3.8) is 0 Å². The van der Waals surface area contributed by atoms with E-state index in [0.717, 1.165) is 50.9 Å². The summed E-state index contributed by atoms with van der Waals surface area (Å²) >= 11 is -2.08. The standard InChI is InChI=1S/C32H39FN6O4S/c1-21(2)20-43-32(40)31-30(27-17-25(33)7-9-28(27)34-31)29-19-38(36-35-29)18-22-10-12-37(13-11-22)14-15-39(44(41)42)26-8-6-23-4-3-5-24(23)16-26/h6-9,16-17,19,21-22,34H,3-5,10-15,18,20H2,1-2H3,(H,41,42). The maximum Gasteiger partial charge on any atom is 0.355 e. The topological polar surface area (TPSA) is 117 Å². The quantitative estimate of drug-likeness (QED) is 0.174. The molecule has 1 aliphatic carbocycles. The van der Waals surface area contributed by atoms with Crippen molar-refractivity contribution in [3.05, 3.63) is 65.2 Å². The summed E-state index contributed by atoms with van der Waals surface area (Å²) in [6.45, 7) is 7.83. The summed E-state index contributed by atoms with van der Waals surface area (Å²) in [5.74, 6) is -0.346. The molecule has 2 aliphatic rings. The van der Waals surface area contributed by atoms with Gasteiger partial charge >= 0.3 is 5.97 Å². The van der Waals surface area contributed by atoms with Crippen LogP contribution in [0.4, 0.5) is 10.1 Å². The van der Waals surface area contributed by atoms with Crippen molar-refractivity contribution in [3.8, 4) is 11.3 Å². The lowest BCUT2D eigenvalue weighted by molar-refractivity contribution is 0.0454. The number of halogens is 1. The molecular formula is C32H39FN6O4S. The fraction of sp³-hybridized carbons (Fsp3) is 0.469. The molecule has 44 heavy (non-hydrogen) atoms. The van der Waals surface area contributed by atoms with Crippen LogP contribution in [-0.4, -0.2) is 72.4 Å². The Labute approximate surface area is 259 Å². The number of benzene rings is 2. The number of piperidine rings is 1. The highest BCUT2D eigenvalue weighted by Crippen LogP contribution is 2.33. The SMILES string of the molecule is CC(C)COC(=O)c1[nH]c2ccc(F)cc2c1-c1cn(CC2CCN(CCN(c3ccc4c(c3)CCC4)S(=O)O)CC2)nn1. The molecule has 0 radical (unpaired) electrons. The largest absolute Gasteiger partial charge is 0.461 e. The van der Waals surface area contributed by atoms with Gasteiger partial charge in [0, 0.05) is 36.1 Å². The Morgan fingerprint density at radius 3 is 2.75 bits per heavy atom. The zero-order valence-corrected chi connectivity index (χ0v) is 26.0. The van der Waals surface area contributed by atoms with Gasteiger partial charge in [-0.25, -0.2) is 13.4 Å². The number of anilines is 1. The Hall–Kier alpha value is -3.61. The molecule has 2 N–H and O–H groups in total. The number of hydrogen-bond acceptors (Lipinski definition) is 6. The van der Waals surface area contributed by atoms with Crippen LogP contribution in [0.15, 0.2) is 42.6 Å². The molecule has 1 saturated heterocycles. The zero-order chi connectivity index (χ0) is 30.8. The normalized spacial score (nSPS) is 16.5. The summed E-state index contributed by atoms with van der Waals surface area (Å²) in [5.41, 5.74) is 5.28. The molecule has 4 aromatic rings. The fourth-order valence-corrected chi connectivity index (χ4v) is 6.83. The highest BCUT2D eigenvalue weighted by atomic mass is 32.2. The van der Waals surface area contributed by atoms with E-state index < -0.39 is 23.1 Å². The Kier molecular flexibility index (Phi) is 9.11. The highest BCUT2D eigenvalue weighted by Gasteiger charge is 2.26. The van der Waals surface area contributed by atoms with Gasteiger partial charge in [0.2, 0.25) is 0 Å². The van der Waals surface area contributed by atoms with Crippen LogP contribution in [0, 0.1) is 17.7 Å². The molecule has 0 saturated carbocycles. The second kappa shape index (κ2) is 13.2. The molecule has 6 rings (SSSR count). The van der Waals surface area contributed by atoms with Gasteiger partial charge in [0.25, 0.3) is 11.3 Å². The van der Waals surface area contributed by atoms with Gasteiger partial charge in [0.1, 0.15) is 17.2 Å². The lowest BCUT2D eigenvalue weighted by Crippen LogP contribution is -2.41. The van der Waals surface area contributed by atoms with E-state index in [1.54, 1.807) is 15.1 Å². The van der Waals surface area contributed by atoms with Crippen molar-refractivity contribution in [1.82, 2.24) is 24.9 Å². The average Bonchev–Trinajstić information content (AvgIpc) is 3.74. The third kappa shape index (κ3) is 6.72. The predicted octanol–water partition coefficient (Wildman–Crippen LogP) is 5.22. The van der Waals surface area contributed by atoms with Gasteiger partial charge in [-0.2, -0.15) is 0 Å². The molecule has 3 heterocycles. The van der Waals surface area contributed by atoms with Crippen molar-refractivity contribution >= 4 is 33.8 Å². The number of aryl methyl sites for hydroxylation is 2. The Morgan fingerprint density at radius 2 is 1.98 bits per heavy atom. The molecule has 12 heteroatoms. The van der Waals surface area contributed by atoms with Gasteiger partial charge in [-0.1, -0.05) is 25.1 Å². The molecule has 2 aromatic heterocycles. The predicted molar refractivity (Wildman–Crippen MR) is 168 cm³/mol. The minimum absolute atomic E-state index is 0.179. The van der Waals surface area contributed by atoms with E-state index in [1.807, 2.05) is 26.1 Å². The van der Waals surface area contributed by atoms with Crippen molar-refractivity contribution in [1.29, 1.82) is 0 Å². The average molecular weight is 623 g/mol. The molecular weight excluding hydrogens is 583 g/mol. The molecule has 1 fully saturated rings. The maximum atomic E-state index is 14.2. The van der Waals surface area contributed by atoms with Crippen molar-refractivity contribution in [2.24, 2.45) is 11.8 Å². The maximum absolute atomic E-state index is 14.2. The summed E-state index contributed by atoms with van der Waals surface area (Å²) < 4.78 is 45.2. The smallest absolute Gasteiger partial charge is 0.355 e. The number of H-pyrrole nitrogens is 1. The number of aromatic nitrogens is 4. The number of likely N-dealkylation sites (tertiary alicyclic amines) is 1. The van der Waals surface area contributed by atoms with Crippen LogP contribution in [0.1, 0.15) is 54.7 Å². The van der Waals surface area contributed by atoms with Gasteiger partial charge in [0.15, 0.2) is 0 Å².